The van der Waals surface area contributed by atoms with Crippen molar-refractivity contribution in [2.24, 2.45) is 11.8 Å². The van der Waals surface area contributed by atoms with E-state index in [-0.39, 0.29) is 25.0 Å². The molecule has 1 aliphatic rings. The number of ether oxygens (including phenoxy) is 1. The predicted molar refractivity (Wildman–Crippen MR) is 144 cm³/mol. The maximum Gasteiger partial charge on any atom is 0.433 e. The van der Waals surface area contributed by atoms with Gasteiger partial charge in [0.2, 0.25) is 5.95 Å². The molecule has 1 N–H and O–H groups in total. The second-order valence-corrected chi connectivity index (χ2v) is 10.1. The summed E-state index contributed by atoms with van der Waals surface area (Å²) in [6.07, 6.45) is -1.91. The quantitative estimate of drug-likeness (QED) is 0.273. The number of aromatic nitrogens is 3. The number of aryl methyl sites for hydroxylation is 1. The number of carboxylic acid groups (broad SMARTS) is 1. The Hall–Kier alpha value is -4.41. The van der Waals surface area contributed by atoms with Crippen LogP contribution in [0.1, 0.15) is 34.2 Å². The number of nitrogens with zero attached hydrogens (tertiary/aromatic N) is 4. The molecule has 0 unspecified atom stereocenters. The number of benzene rings is 2. The van der Waals surface area contributed by atoms with Gasteiger partial charge in [0, 0.05) is 32.1 Å². The SMILES string of the molecule is Cc1oc(Cc2ccccc2)nc1CCOc1ccc(C[C@@H]2CN(c3nccc(C(F)(F)F)n3)C[C@@H]2C(=O)O)cc1. The van der Waals surface area contributed by atoms with Gasteiger partial charge in [-0.2, -0.15) is 13.2 Å². The van der Waals surface area contributed by atoms with E-state index in [0.29, 0.717) is 37.5 Å². The van der Waals surface area contributed by atoms with Crippen molar-refractivity contribution in [3.8, 4) is 5.75 Å². The monoisotopic (exact) mass is 566 g/mol. The molecule has 4 aromatic rings. The minimum atomic E-state index is -4.61. The number of alkyl halides is 3. The Morgan fingerprint density at radius 2 is 1.80 bits per heavy atom. The number of carboxylic acids is 1. The summed E-state index contributed by atoms with van der Waals surface area (Å²) < 4.78 is 51.0. The van der Waals surface area contributed by atoms with E-state index in [9.17, 15) is 23.1 Å². The van der Waals surface area contributed by atoms with Gasteiger partial charge in [-0.1, -0.05) is 42.5 Å². The topological polar surface area (TPSA) is 102 Å². The molecule has 1 fully saturated rings. The van der Waals surface area contributed by atoms with Crippen LogP contribution < -0.4 is 9.64 Å². The Morgan fingerprint density at radius 3 is 2.51 bits per heavy atom. The fourth-order valence-electron chi connectivity index (χ4n) is 5.04. The Balaban J connectivity index is 1.15. The lowest BCUT2D eigenvalue weighted by Crippen LogP contribution is -2.25. The van der Waals surface area contributed by atoms with Gasteiger partial charge in [0.1, 0.15) is 17.2 Å². The maximum atomic E-state index is 13.1. The molecule has 0 amide bonds. The van der Waals surface area contributed by atoms with E-state index >= 15 is 0 Å². The molecule has 11 heteroatoms. The number of rotatable bonds is 10. The molecule has 2 atom stereocenters. The van der Waals surface area contributed by atoms with Crippen LogP contribution in [0.4, 0.5) is 19.1 Å². The molecular weight excluding hydrogens is 537 g/mol. The number of halogens is 3. The van der Waals surface area contributed by atoms with Gasteiger partial charge in [0.15, 0.2) is 5.89 Å². The predicted octanol–water partition coefficient (Wildman–Crippen LogP) is 5.38. The van der Waals surface area contributed by atoms with Crippen LogP contribution in [0.3, 0.4) is 0 Å². The van der Waals surface area contributed by atoms with Crippen molar-refractivity contribution < 1.29 is 32.2 Å². The van der Waals surface area contributed by atoms with Crippen LogP contribution >= 0.6 is 0 Å². The third-order valence-corrected chi connectivity index (χ3v) is 7.14. The van der Waals surface area contributed by atoms with Gasteiger partial charge < -0.3 is 19.2 Å². The summed E-state index contributed by atoms with van der Waals surface area (Å²) in [7, 11) is 0. The van der Waals surface area contributed by atoms with Crippen LogP contribution in [0.25, 0.3) is 0 Å². The van der Waals surface area contributed by atoms with Crippen molar-refractivity contribution in [1.82, 2.24) is 15.0 Å². The van der Waals surface area contributed by atoms with Gasteiger partial charge in [-0.05, 0) is 48.6 Å². The van der Waals surface area contributed by atoms with Gasteiger partial charge in [-0.15, -0.1) is 0 Å². The van der Waals surface area contributed by atoms with Crippen LogP contribution in [0.5, 0.6) is 5.75 Å². The zero-order chi connectivity index (χ0) is 29.0. The van der Waals surface area contributed by atoms with Crippen LogP contribution in [-0.2, 0) is 30.2 Å². The normalized spacial score (nSPS) is 17.1. The second-order valence-electron chi connectivity index (χ2n) is 10.1. The van der Waals surface area contributed by atoms with E-state index in [1.807, 2.05) is 61.5 Å². The van der Waals surface area contributed by atoms with Crippen molar-refractivity contribution in [3.05, 3.63) is 101 Å². The zero-order valence-electron chi connectivity index (χ0n) is 22.3. The van der Waals surface area contributed by atoms with E-state index in [2.05, 4.69) is 15.0 Å². The third-order valence-electron chi connectivity index (χ3n) is 7.14. The molecule has 2 aromatic heterocycles. The summed E-state index contributed by atoms with van der Waals surface area (Å²) in [6, 6.07) is 18.2. The van der Waals surface area contributed by atoms with E-state index in [0.717, 1.165) is 34.8 Å². The maximum absolute atomic E-state index is 13.1. The number of hydrogen-bond acceptors (Lipinski definition) is 7. The minimum absolute atomic E-state index is 0.0387. The molecule has 0 bridgehead atoms. The van der Waals surface area contributed by atoms with Crippen molar-refractivity contribution in [3.63, 3.8) is 0 Å². The molecule has 0 radical (unpaired) electrons. The highest BCUT2D eigenvalue weighted by Crippen LogP contribution is 2.32. The first-order chi connectivity index (χ1) is 19.7. The van der Waals surface area contributed by atoms with E-state index in [1.54, 1.807) is 0 Å². The summed E-state index contributed by atoms with van der Waals surface area (Å²) in [5.41, 5.74) is 1.82. The molecule has 1 saturated heterocycles. The first-order valence-corrected chi connectivity index (χ1v) is 13.2. The second kappa shape index (κ2) is 12.0. The Morgan fingerprint density at radius 1 is 1.05 bits per heavy atom. The summed E-state index contributed by atoms with van der Waals surface area (Å²) in [5, 5.41) is 9.76. The molecular formula is C30H29F3N4O4. The van der Waals surface area contributed by atoms with Crippen molar-refractivity contribution >= 4 is 11.9 Å². The number of oxazole rings is 1. The molecule has 5 rings (SSSR count). The molecule has 1 aliphatic heterocycles. The molecule has 0 spiro atoms. The van der Waals surface area contributed by atoms with Crippen LogP contribution in [-0.4, -0.2) is 45.7 Å². The van der Waals surface area contributed by atoms with Crippen molar-refractivity contribution in [2.45, 2.75) is 32.4 Å². The molecule has 41 heavy (non-hydrogen) atoms. The minimum Gasteiger partial charge on any atom is -0.493 e. The van der Waals surface area contributed by atoms with E-state index in [1.165, 1.54) is 4.90 Å². The van der Waals surface area contributed by atoms with Crippen molar-refractivity contribution in [1.29, 1.82) is 0 Å². The lowest BCUT2D eigenvalue weighted by atomic mass is 9.90. The lowest BCUT2D eigenvalue weighted by Gasteiger charge is -2.17. The highest BCUT2D eigenvalue weighted by molar-refractivity contribution is 5.72. The zero-order valence-corrected chi connectivity index (χ0v) is 22.3. The first kappa shape index (κ1) is 28.1. The van der Waals surface area contributed by atoms with Gasteiger partial charge in [0.25, 0.3) is 0 Å². The Kier molecular flexibility index (Phi) is 8.23. The van der Waals surface area contributed by atoms with Gasteiger partial charge in [-0.3, -0.25) is 4.79 Å². The van der Waals surface area contributed by atoms with Crippen LogP contribution in [0, 0.1) is 18.8 Å². The molecule has 2 aromatic carbocycles. The molecule has 0 aliphatic carbocycles. The fourth-order valence-corrected chi connectivity index (χ4v) is 5.04. The number of anilines is 1. The third kappa shape index (κ3) is 7.03. The highest BCUT2D eigenvalue weighted by Gasteiger charge is 2.40. The highest BCUT2D eigenvalue weighted by atomic mass is 19.4. The largest absolute Gasteiger partial charge is 0.493 e. The molecule has 8 nitrogen and oxygen atoms in total. The average molecular weight is 567 g/mol. The van der Waals surface area contributed by atoms with E-state index in [4.69, 9.17) is 9.15 Å². The summed E-state index contributed by atoms with van der Waals surface area (Å²) >= 11 is 0. The Bertz CT molecular complexity index is 1480. The molecule has 0 saturated carbocycles. The van der Waals surface area contributed by atoms with Crippen molar-refractivity contribution in [2.75, 3.05) is 24.6 Å². The Labute approximate surface area is 234 Å². The average Bonchev–Trinajstić information content (AvgIpc) is 3.53. The summed E-state index contributed by atoms with van der Waals surface area (Å²) in [6.45, 7) is 2.57. The fraction of sp³-hybridized carbons (Fsp3) is 0.333. The van der Waals surface area contributed by atoms with Gasteiger partial charge >= 0.3 is 12.1 Å². The van der Waals surface area contributed by atoms with Gasteiger partial charge in [-0.25, -0.2) is 15.0 Å². The summed E-state index contributed by atoms with van der Waals surface area (Å²) in [5.74, 6) is -0.105. The first-order valence-electron chi connectivity index (χ1n) is 13.2. The number of carbonyl (C=O) groups is 1. The summed E-state index contributed by atoms with van der Waals surface area (Å²) in [4.78, 5) is 25.6. The molecule has 3 heterocycles. The van der Waals surface area contributed by atoms with Crippen LogP contribution in [0.2, 0.25) is 0 Å². The number of aliphatic carboxylic acids is 1. The van der Waals surface area contributed by atoms with Crippen LogP contribution in [0.15, 0.2) is 71.3 Å². The smallest absolute Gasteiger partial charge is 0.433 e. The van der Waals surface area contributed by atoms with Gasteiger partial charge in [0.05, 0.1) is 18.2 Å². The number of hydrogen-bond donors (Lipinski definition) is 1. The lowest BCUT2D eigenvalue weighted by molar-refractivity contribution is -0.142. The standard InChI is InChI=1S/C30H29F3N4O4/c1-19-25(35-27(41-19)16-20-5-3-2-4-6-20)12-14-40-23-9-7-21(8-10-23)15-22-17-37(18-24(22)28(38)39)29-34-13-11-26(36-29)30(31,32)33/h2-11,13,22,24H,12,14-18H2,1H3,(H,38,39)/t22-,24+/m1/s1. The van der Waals surface area contributed by atoms with E-state index < -0.39 is 23.8 Å². The molecule has 214 valence electrons.